The lowest BCUT2D eigenvalue weighted by Gasteiger charge is -1.88. The molecule has 12 heavy (non-hydrogen) atoms. The van der Waals surface area contributed by atoms with Gasteiger partial charge in [-0.15, -0.1) is 0 Å². The second-order valence-electron chi connectivity index (χ2n) is 2.38. The van der Waals surface area contributed by atoms with E-state index in [2.05, 4.69) is 5.16 Å². The van der Waals surface area contributed by atoms with Gasteiger partial charge in [-0.1, -0.05) is 5.16 Å². The molecule has 0 saturated heterocycles. The Labute approximate surface area is 69.2 Å². The fourth-order valence-corrected chi connectivity index (χ4v) is 0.808. The molecule has 1 heterocycles. The van der Waals surface area contributed by atoms with Gasteiger partial charge in [-0.3, -0.25) is 0 Å². The van der Waals surface area contributed by atoms with E-state index in [4.69, 9.17) is 15.4 Å². The third-order valence-electron chi connectivity index (χ3n) is 1.41. The predicted octanol–water partition coefficient (Wildman–Crippen LogP) is 0.264. The minimum atomic E-state index is -1.07. The van der Waals surface area contributed by atoms with Crippen LogP contribution in [0.2, 0.25) is 0 Å². The molecule has 0 spiro atoms. The highest BCUT2D eigenvalue weighted by Crippen LogP contribution is 2.05. The van der Waals surface area contributed by atoms with Gasteiger partial charge in [-0.05, 0) is 13.0 Å². The molecule has 0 aliphatic heterocycles. The van der Waals surface area contributed by atoms with Crippen LogP contribution in [0.15, 0.2) is 10.6 Å². The molecule has 0 fully saturated rings. The van der Waals surface area contributed by atoms with Gasteiger partial charge < -0.3 is 15.4 Å². The first-order valence-corrected chi connectivity index (χ1v) is 3.63. The molecule has 1 rings (SSSR count). The summed E-state index contributed by atoms with van der Waals surface area (Å²) < 4.78 is 4.74. The van der Waals surface area contributed by atoms with Crippen LogP contribution in [0.5, 0.6) is 0 Å². The predicted molar refractivity (Wildman–Crippen MR) is 40.8 cm³/mol. The summed E-state index contributed by atoms with van der Waals surface area (Å²) >= 11 is 0. The zero-order chi connectivity index (χ0) is 8.97. The van der Waals surface area contributed by atoms with Crippen LogP contribution in [-0.4, -0.2) is 22.8 Å². The van der Waals surface area contributed by atoms with Crippen molar-refractivity contribution in [1.82, 2.24) is 5.16 Å². The Morgan fingerprint density at radius 1 is 1.75 bits per heavy atom. The van der Waals surface area contributed by atoms with Crippen LogP contribution in [0, 0.1) is 0 Å². The molecule has 0 aromatic carbocycles. The van der Waals surface area contributed by atoms with E-state index in [1.54, 1.807) is 0 Å². The van der Waals surface area contributed by atoms with Crippen molar-refractivity contribution >= 4 is 5.97 Å². The first-order chi connectivity index (χ1) is 5.74. The van der Waals surface area contributed by atoms with Gasteiger partial charge in [0.1, 0.15) is 5.76 Å². The number of carboxylic acid groups (broad SMARTS) is 1. The molecule has 5 heteroatoms. The summed E-state index contributed by atoms with van der Waals surface area (Å²) in [6.07, 6.45) is 1.41. The van der Waals surface area contributed by atoms with Crippen molar-refractivity contribution in [1.29, 1.82) is 0 Å². The van der Waals surface area contributed by atoms with Crippen molar-refractivity contribution in [3.8, 4) is 0 Å². The highest BCUT2D eigenvalue weighted by Gasteiger charge is 2.09. The lowest BCUT2D eigenvalue weighted by atomic mass is 10.2. The second-order valence-corrected chi connectivity index (χ2v) is 2.38. The van der Waals surface area contributed by atoms with Crippen LogP contribution in [0.3, 0.4) is 0 Å². The van der Waals surface area contributed by atoms with E-state index in [1.165, 1.54) is 6.07 Å². The Balaban J connectivity index is 2.58. The van der Waals surface area contributed by atoms with E-state index in [-0.39, 0.29) is 5.69 Å². The third kappa shape index (κ3) is 2.06. The van der Waals surface area contributed by atoms with Crippen LogP contribution in [-0.2, 0) is 6.42 Å². The maximum Gasteiger partial charge on any atom is 0.358 e. The van der Waals surface area contributed by atoms with E-state index in [1.807, 2.05) is 0 Å². The fraction of sp³-hybridized carbons (Fsp3) is 0.429. The van der Waals surface area contributed by atoms with Gasteiger partial charge in [0, 0.05) is 12.5 Å². The van der Waals surface area contributed by atoms with Gasteiger partial charge >= 0.3 is 5.97 Å². The first kappa shape index (κ1) is 8.73. The lowest BCUT2D eigenvalue weighted by molar-refractivity contribution is 0.0685. The quantitative estimate of drug-likeness (QED) is 0.676. The van der Waals surface area contributed by atoms with Crippen LogP contribution in [0.4, 0.5) is 0 Å². The van der Waals surface area contributed by atoms with Crippen molar-refractivity contribution in [3.63, 3.8) is 0 Å². The van der Waals surface area contributed by atoms with Gasteiger partial charge in [0.2, 0.25) is 0 Å². The Kier molecular flexibility index (Phi) is 2.82. The number of carboxylic acids is 1. The Morgan fingerprint density at radius 2 is 2.50 bits per heavy atom. The van der Waals surface area contributed by atoms with Crippen molar-refractivity contribution < 1.29 is 14.4 Å². The average Bonchev–Trinajstić information content (AvgIpc) is 2.48. The minimum Gasteiger partial charge on any atom is -0.476 e. The summed E-state index contributed by atoms with van der Waals surface area (Å²) in [6, 6.07) is 1.41. The van der Waals surface area contributed by atoms with Crippen molar-refractivity contribution in [3.05, 3.63) is 17.5 Å². The van der Waals surface area contributed by atoms with Crippen LogP contribution in [0.1, 0.15) is 22.7 Å². The van der Waals surface area contributed by atoms with E-state index in [0.29, 0.717) is 18.7 Å². The number of nitrogens with two attached hydrogens (primary N) is 1. The number of hydrogen-bond donors (Lipinski definition) is 2. The van der Waals surface area contributed by atoms with E-state index in [9.17, 15) is 4.79 Å². The second kappa shape index (κ2) is 3.87. The third-order valence-corrected chi connectivity index (χ3v) is 1.41. The number of hydrogen-bond acceptors (Lipinski definition) is 4. The van der Waals surface area contributed by atoms with E-state index >= 15 is 0 Å². The van der Waals surface area contributed by atoms with Gasteiger partial charge in [-0.2, -0.15) is 0 Å². The smallest absolute Gasteiger partial charge is 0.358 e. The molecule has 66 valence electrons. The summed E-state index contributed by atoms with van der Waals surface area (Å²) in [5.41, 5.74) is 5.21. The van der Waals surface area contributed by atoms with Crippen LogP contribution < -0.4 is 5.73 Å². The lowest BCUT2D eigenvalue weighted by Crippen LogP contribution is -1.99. The molecule has 0 amide bonds. The molecule has 1 aromatic heterocycles. The zero-order valence-electron chi connectivity index (χ0n) is 6.49. The summed E-state index contributed by atoms with van der Waals surface area (Å²) in [7, 11) is 0. The molecule has 0 radical (unpaired) electrons. The average molecular weight is 170 g/mol. The summed E-state index contributed by atoms with van der Waals surface area (Å²) in [4.78, 5) is 10.3. The largest absolute Gasteiger partial charge is 0.476 e. The molecular formula is C7H10N2O3. The maximum absolute atomic E-state index is 10.3. The van der Waals surface area contributed by atoms with Crippen LogP contribution >= 0.6 is 0 Å². The zero-order valence-corrected chi connectivity index (χ0v) is 6.49. The molecule has 0 aliphatic rings. The highest BCUT2D eigenvalue weighted by molar-refractivity contribution is 5.85. The summed E-state index contributed by atoms with van der Waals surface area (Å²) in [6.45, 7) is 0.559. The number of aromatic nitrogens is 1. The van der Waals surface area contributed by atoms with Crippen molar-refractivity contribution in [2.24, 2.45) is 5.73 Å². The Morgan fingerprint density at radius 3 is 3.00 bits per heavy atom. The molecule has 0 unspecified atom stereocenters. The SMILES string of the molecule is NCCCc1cc(C(=O)O)no1. The molecule has 5 nitrogen and oxygen atoms in total. The van der Waals surface area contributed by atoms with Crippen LogP contribution in [0.25, 0.3) is 0 Å². The molecule has 0 atom stereocenters. The van der Waals surface area contributed by atoms with Gasteiger partial charge in [0.25, 0.3) is 0 Å². The monoisotopic (exact) mass is 170 g/mol. The summed E-state index contributed by atoms with van der Waals surface area (Å²) in [5, 5.41) is 11.8. The number of aromatic carboxylic acids is 1. The van der Waals surface area contributed by atoms with Crippen molar-refractivity contribution in [2.75, 3.05) is 6.54 Å². The van der Waals surface area contributed by atoms with Gasteiger partial charge in [0.15, 0.2) is 5.69 Å². The maximum atomic E-state index is 10.3. The molecular weight excluding hydrogens is 160 g/mol. The van der Waals surface area contributed by atoms with E-state index < -0.39 is 5.97 Å². The van der Waals surface area contributed by atoms with Gasteiger partial charge in [-0.25, -0.2) is 4.79 Å². The molecule has 0 aliphatic carbocycles. The number of aryl methyl sites for hydroxylation is 1. The molecule has 0 bridgehead atoms. The van der Waals surface area contributed by atoms with Crippen molar-refractivity contribution in [2.45, 2.75) is 12.8 Å². The minimum absolute atomic E-state index is 0.0537. The van der Waals surface area contributed by atoms with Gasteiger partial charge in [0.05, 0.1) is 0 Å². The Bertz CT molecular complexity index is 269. The fourth-order valence-electron chi connectivity index (χ4n) is 0.808. The number of nitrogens with zero attached hydrogens (tertiary/aromatic N) is 1. The topological polar surface area (TPSA) is 89.4 Å². The summed E-state index contributed by atoms with van der Waals surface area (Å²) in [5.74, 6) is -0.504. The Hall–Kier alpha value is -1.36. The number of rotatable bonds is 4. The number of carbonyl (C=O) groups is 1. The molecule has 1 aromatic rings. The standard InChI is InChI=1S/C7H10N2O3/c8-3-1-2-5-4-6(7(10)11)9-12-5/h4H,1-3,8H2,(H,10,11). The molecule has 0 saturated carbocycles. The van der Waals surface area contributed by atoms with E-state index in [0.717, 1.165) is 6.42 Å². The normalized spacial score (nSPS) is 10.1. The molecule has 3 N–H and O–H groups in total. The first-order valence-electron chi connectivity index (χ1n) is 3.63. The highest BCUT2D eigenvalue weighted by atomic mass is 16.5.